The lowest BCUT2D eigenvalue weighted by Crippen LogP contribution is -2.62. The Morgan fingerprint density at radius 3 is 2.68 bits per heavy atom. The Labute approximate surface area is 163 Å². The summed E-state index contributed by atoms with van der Waals surface area (Å²) >= 11 is 0. The van der Waals surface area contributed by atoms with Crippen molar-refractivity contribution < 1.29 is 19.1 Å². The molecule has 2 amide bonds. The average Bonchev–Trinajstić information content (AvgIpc) is 2.72. The summed E-state index contributed by atoms with van der Waals surface area (Å²) in [6.45, 7) is 1.26. The zero-order valence-electron chi connectivity index (χ0n) is 15.5. The molecule has 2 aromatic carbocycles. The van der Waals surface area contributed by atoms with E-state index in [0.717, 1.165) is 17.5 Å². The van der Waals surface area contributed by atoms with E-state index in [2.05, 4.69) is 5.32 Å². The molecular formula is C22H23FN2O3. The second-order valence-corrected chi connectivity index (χ2v) is 7.63. The van der Waals surface area contributed by atoms with Crippen LogP contribution in [0.15, 0.2) is 48.5 Å². The van der Waals surface area contributed by atoms with Gasteiger partial charge in [0.05, 0.1) is 11.5 Å². The highest BCUT2D eigenvalue weighted by Crippen LogP contribution is 2.37. The first-order valence-corrected chi connectivity index (χ1v) is 9.61. The van der Waals surface area contributed by atoms with Crippen molar-refractivity contribution in [1.29, 1.82) is 0 Å². The molecule has 6 heteroatoms. The van der Waals surface area contributed by atoms with Gasteiger partial charge in [-0.3, -0.25) is 9.59 Å². The Balaban J connectivity index is 1.53. The molecule has 0 unspecified atom stereocenters. The maximum atomic E-state index is 13.4. The highest BCUT2D eigenvalue weighted by molar-refractivity contribution is 5.95. The Hall–Kier alpha value is -2.73. The standard InChI is InChI=1S/C22H23FN2O3/c23-18-4-1-3-17(13-18)15-5-7-16(8-6-15)20(27)25-12-9-19(26)22(14-25)10-2-11-24-21(22)28/h1,3-8,13,19,26H,2,9-12,14H2,(H,24,28)/t19-,22+/m0/s1. The third-order valence-electron chi connectivity index (χ3n) is 5.90. The number of carbonyl (C=O) groups is 2. The molecule has 2 fully saturated rings. The van der Waals surface area contributed by atoms with Gasteiger partial charge in [-0.15, -0.1) is 0 Å². The zero-order chi connectivity index (χ0) is 19.7. The van der Waals surface area contributed by atoms with Crippen molar-refractivity contribution in [2.75, 3.05) is 19.6 Å². The second kappa shape index (κ2) is 7.36. The van der Waals surface area contributed by atoms with E-state index in [1.54, 1.807) is 35.2 Å². The Morgan fingerprint density at radius 2 is 1.96 bits per heavy atom. The van der Waals surface area contributed by atoms with Gasteiger partial charge in [0.1, 0.15) is 5.82 Å². The Kier molecular flexibility index (Phi) is 4.89. The summed E-state index contributed by atoms with van der Waals surface area (Å²) in [5.41, 5.74) is 1.18. The fraction of sp³-hybridized carbons (Fsp3) is 0.364. The third-order valence-corrected chi connectivity index (χ3v) is 5.90. The van der Waals surface area contributed by atoms with Crippen LogP contribution >= 0.6 is 0 Å². The number of aliphatic hydroxyl groups excluding tert-OH is 1. The van der Waals surface area contributed by atoms with E-state index in [1.807, 2.05) is 6.07 Å². The van der Waals surface area contributed by atoms with Crippen molar-refractivity contribution in [2.45, 2.75) is 25.4 Å². The minimum atomic E-state index is -0.909. The summed E-state index contributed by atoms with van der Waals surface area (Å²) in [7, 11) is 0. The van der Waals surface area contributed by atoms with Gasteiger partial charge < -0.3 is 15.3 Å². The van der Waals surface area contributed by atoms with Gasteiger partial charge >= 0.3 is 0 Å². The molecule has 2 atom stereocenters. The van der Waals surface area contributed by atoms with Gasteiger partial charge in [0.2, 0.25) is 5.91 Å². The van der Waals surface area contributed by atoms with E-state index in [9.17, 15) is 19.1 Å². The van der Waals surface area contributed by atoms with Crippen LogP contribution in [0.5, 0.6) is 0 Å². The predicted octanol–water partition coefficient (Wildman–Crippen LogP) is 2.60. The fourth-order valence-electron chi connectivity index (χ4n) is 4.27. The van der Waals surface area contributed by atoms with E-state index in [4.69, 9.17) is 0 Å². The van der Waals surface area contributed by atoms with Crippen LogP contribution in [-0.2, 0) is 4.79 Å². The van der Waals surface area contributed by atoms with E-state index in [1.165, 1.54) is 12.1 Å². The van der Waals surface area contributed by atoms with Crippen molar-refractivity contribution in [3.8, 4) is 11.1 Å². The number of nitrogens with one attached hydrogen (secondary N) is 1. The molecule has 2 aromatic rings. The molecular weight excluding hydrogens is 359 g/mol. The predicted molar refractivity (Wildman–Crippen MR) is 103 cm³/mol. The Bertz CT molecular complexity index is 899. The number of halogens is 1. The highest BCUT2D eigenvalue weighted by Gasteiger charge is 2.50. The number of likely N-dealkylation sites (tertiary alicyclic amines) is 1. The van der Waals surface area contributed by atoms with Crippen LogP contribution in [0.25, 0.3) is 11.1 Å². The molecule has 1 spiro atoms. The summed E-state index contributed by atoms with van der Waals surface area (Å²) in [5, 5.41) is 13.3. The molecule has 28 heavy (non-hydrogen) atoms. The topological polar surface area (TPSA) is 69.6 Å². The van der Waals surface area contributed by atoms with Crippen LogP contribution in [0.3, 0.4) is 0 Å². The maximum absolute atomic E-state index is 13.4. The number of hydrogen-bond donors (Lipinski definition) is 2. The Morgan fingerprint density at radius 1 is 1.18 bits per heavy atom. The first-order valence-electron chi connectivity index (χ1n) is 9.61. The van der Waals surface area contributed by atoms with Crippen LogP contribution in [-0.4, -0.2) is 47.6 Å². The molecule has 0 aromatic heterocycles. The van der Waals surface area contributed by atoms with Crippen molar-refractivity contribution in [2.24, 2.45) is 5.41 Å². The molecule has 0 bridgehead atoms. The van der Waals surface area contributed by atoms with E-state index in [-0.39, 0.29) is 24.2 Å². The number of aliphatic hydroxyl groups is 1. The van der Waals surface area contributed by atoms with Gasteiger partial charge in [0.25, 0.3) is 5.91 Å². The summed E-state index contributed by atoms with van der Waals surface area (Å²) in [6, 6.07) is 13.3. The maximum Gasteiger partial charge on any atom is 0.253 e. The summed E-state index contributed by atoms with van der Waals surface area (Å²) < 4.78 is 13.4. The largest absolute Gasteiger partial charge is 0.392 e. The molecule has 146 valence electrons. The zero-order valence-corrected chi connectivity index (χ0v) is 15.5. The number of rotatable bonds is 2. The van der Waals surface area contributed by atoms with Gasteiger partial charge in [-0.05, 0) is 54.7 Å². The number of carbonyl (C=O) groups excluding carboxylic acids is 2. The van der Waals surface area contributed by atoms with Crippen LogP contribution < -0.4 is 5.32 Å². The van der Waals surface area contributed by atoms with Crippen LogP contribution in [0.1, 0.15) is 29.6 Å². The monoisotopic (exact) mass is 382 g/mol. The average molecular weight is 382 g/mol. The summed E-state index contributed by atoms with van der Waals surface area (Å²) in [5.74, 6) is -0.624. The van der Waals surface area contributed by atoms with E-state index in [0.29, 0.717) is 31.5 Å². The van der Waals surface area contributed by atoms with Crippen LogP contribution in [0.4, 0.5) is 4.39 Å². The number of hydrogen-bond acceptors (Lipinski definition) is 3. The molecule has 2 heterocycles. The number of amides is 2. The molecule has 2 aliphatic heterocycles. The number of benzene rings is 2. The minimum absolute atomic E-state index is 0.157. The molecule has 5 nitrogen and oxygen atoms in total. The smallest absolute Gasteiger partial charge is 0.253 e. The first kappa shape index (κ1) is 18.6. The molecule has 4 rings (SSSR count). The third kappa shape index (κ3) is 3.29. The molecule has 2 saturated heterocycles. The number of nitrogens with zero attached hydrogens (tertiary/aromatic N) is 1. The first-order chi connectivity index (χ1) is 13.5. The molecule has 0 radical (unpaired) electrons. The van der Waals surface area contributed by atoms with E-state index < -0.39 is 11.5 Å². The molecule has 0 saturated carbocycles. The lowest BCUT2D eigenvalue weighted by atomic mass is 9.71. The van der Waals surface area contributed by atoms with Crippen molar-refractivity contribution in [1.82, 2.24) is 10.2 Å². The lowest BCUT2D eigenvalue weighted by Gasteiger charge is -2.46. The SMILES string of the molecule is O=C(c1ccc(-c2cccc(F)c2)cc1)N1CC[C@H](O)[C@@]2(CCCNC2=O)C1. The van der Waals surface area contributed by atoms with E-state index >= 15 is 0 Å². The minimum Gasteiger partial charge on any atom is -0.392 e. The quantitative estimate of drug-likeness (QED) is 0.839. The van der Waals surface area contributed by atoms with Crippen molar-refractivity contribution >= 4 is 11.8 Å². The van der Waals surface area contributed by atoms with Crippen molar-refractivity contribution in [3.63, 3.8) is 0 Å². The van der Waals surface area contributed by atoms with Gasteiger partial charge in [0, 0.05) is 25.2 Å². The highest BCUT2D eigenvalue weighted by atomic mass is 19.1. The second-order valence-electron chi connectivity index (χ2n) is 7.63. The number of piperidine rings is 2. The lowest BCUT2D eigenvalue weighted by molar-refractivity contribution is -0.147. The fourth-order valence-corrected chi connectivity index (χ4v) is 4.27. The van der Waals surface area contributed by atoms with Gasteiger partial charge in [-0.1, -0.05) is 24.3 Å². The van der Waals surface area contributed by atoms with Crippen LogP contribution in [0, 0.1) is 11.2 Å². The summed E-state index contributed by atoms with van der Waals surface area (Å²) in [6.07, 6.45) is 1.04. The van der Waals surface area contributed by atoms with Gasteiger partial charge in [0.15, 0.2) is 0 Å². The van der Waals surface area contributed by atoms with Gasteiger partial charge in [-0.2, -0.15) is 0 Å². The normalized spacial score (nSPS) is 24.9. The summed E-state index contributed by atoms with van der Waals surface area (Å²) in [4.78, 5) is 27.1. The molecule has 2 N–H and O–H groups in total. The molecule has 2 aliphatic rings. The van der Waals surface area contributed by atoms with Crippen molar-refractivity contribution in [3.05, 3.63) is 59.9 Å². The van der Waals surface area contributed by atoms with Gasteiger partial charge in [-0.25, -0.2) is 4.39 Å². The van der Waals surface area contributed by atoms with Crippen LogP contribution in [0.2, 0.25) is 0 Å². The molecule has 0 aliphatic carbocycles.